The molecule has 3 rings (SSSR count). The number of likely N-dealkylation sites (tertiary alicyclic amines) is 1. The van der Waals surface area contributed by atoms with E-state index in [0.29, 0.717) is 31.4 Å². The van der Waals surface area contributed by atoms with Gasteiger partial charge in [-0.1, -0.05) is 18.2 Å². The molecule has 3 atom stereocenters. The molecule has 0 spiro atoms. The summed E-state index contributed by atoms with van der Waals surface area (Å²) in [7, 11) is 0. The largest absolute Gasteiger partial charge is 0.481 e. The smallest absolute Gasteiger partial charge is 0.416 e. The minimum absolute atomic E-state index is 0.136. The minimum Gasteiger partial charge on any atom is -0.481 e. The Hall–Kier alpha value is -2.05. The predicted octanol–water partition coefficient (Wildman–Crippen LogP) is 3.13. The third kappa shape index (κ3) is 3.39. The summed E-state index contributed by atoms with van der Waals surface area (Å²) < 4.78 is 38.4. The van der Waals surface area contributed by atoms with Crippen LogP contribution in [0.4, 0.5) is 13.2 Å². The zero-order valence-corrected chi connectivity index (χ0v) is 12.9. The lowest BCUT2D eigenvalue weighted by atomic mass is 9.97. The Kier molecular flexibility index (Phi) is 4.27. The maximum absolute atomic E-state index is 12.8. The van der Waals surface area contributed by atoms with Gasteiger partial charge in [0.2, 0.25) is 5.91 Å². The maximum Gasteiger partial charge on any atom is 0.416 e. The highest BCUT2D eigenvalue weighted by Gasteiger charge is 2.47. The van der Waals surface area contributed by atoms with E-state index in [9.17, 15) is 22.8 Å². The van der Waals surface area contributed by atoms with Gasteiger partial charge in [-0.3, -0.25) is 9.59 Å². The van der Waals surface area contributed by atoms with E-state index < -0.39 is 23.6 Å². The zero-order chi connectivity index (χ0) is 17.5. The molecule has 0 unspecified atom stereocenters. The lowest BCUT2D eigenvalue weighted by molar-refractivity contribution is -0.146. The molecule has 2 aliphatic rings. The van der Waals surface area contributed by atoms with Crippen molar-refractivity contribution in [3.05, 3.63) is 35.4 Å². The molecule has 1 N–H and O–H groups in total. The fourth-order valence-corrected chi connectivity index (χ4v) is 3.40. The number of aliphatic carboxylic acids is 1. The monoisotopic (exact) mass is 341 g/mol. The summed E-state index contributed by atoms with van der Waals surface area (Å²) in [6.07, 6.45) is -2.68. The zero-order valence-electron chi connectivity index (χ0n) is 12.9. The van der Waals surface area contributed by atoms with Crippen LogP contribution >= 0.6 is 0 Å². The number of carboxylic acids is 1. The number of hydrogen-bond donors (Lipinski definition) is 1. The van der Waals surface area contributed by atoms with Crippen LogP contribution in [0.2, 0.25) is 0 Å². The first kappa shape index (κ1) is 16.8. The summed E-state index contributed by atoms with van der Waals surface area (Å²) in [6.45, 7) is 0.717. The molecule has 1 aromatic rings. The molecule has 0 bridgehead atoms. The number of alkyl halides is 3. The Bertz CT molecular complexity index is 659. The Morgan fingerprint density at radius 3 is 2.67 bits per heavy atom. The second-order valence-corrected chi connectivity index (χ2v) is 6.53. The van der Waals surface area contributed by atoms with Crippen molar-refractivity contribution in [3.8, 4) is 0 Å². The van der Waals surface area contributed by atoms with Crippen LogP contribution in [0.25, 0.3) is 0 Å². The lowest BCUT2D eigenvalue weighted by Crippen LogP contribution is -2.43. The van der Waals surface area contributed by atoms with Gasteiger partial charge in [-0.25, -0.2) is 0 Å². The fraction of sp³-hybridized carbons (Fsp3) is 0.529. The quantitative estimate of drug-likeness (QED) is 0.919. The number of carbonyl (C=O) groups is 2. The van der Waals surface area contributed by atoms with Crippen LogP contribution in [0.5, 0.6) is 0 Å². The average Bonchev–Trinajstić information content (AvgIpc) is 3.34. The van der Waals surface area contributed by atoms with Crippen molar-refractivity contribution in [3.63, 3.8) is 0 Å². The van der Waals surface area contributed by atoms with Gasteiger partial charge in [0.05, 0.1) is 11.5 Å². The van der Waals surface area contributed by atoms with Gasteiger partial charge in [0.1, 0.15) is 0 Å². The normalized spacial score (nSPS) is 27.0. The summed E-state index contributed by atoms with van der Waals surface area (Å²) in [4.78, 5) is 25.1. The fourth-order valence-electron chi connectivity index (χ4n) is 3.40. The van der Waals surface area contributed by atoms with Gasteiger partial charge in [0.25, 0.3) is 0 Å². The number of piperidine rings is 1. The Morgan fingerprint density at radius 1 is 1.25 bits per heavy atom. The molecular weight excluding hydrogens is 323 g/mol. The van der Waals surface area contributed by atoms with Crippen molar-refractivity contribution in [2.75, 3.05) is 13.1 Å². The first-order chi connectivity index (χ1) is 11.3. The molecule has 1 aliphatic carbocycles. The minimum atomic E-state index is -4.40. The summed E-state index contributed by atoms with van der Waals surface area (Å²) >= 11 is 0. The molecule has 0 aromatic heterocycles. The standard InChI is InChI=1S/C17H18F3NO3/c18-17(19,20)12-5-1-3-10(7-12)13-8-14(13)15(22)21-6-2-4-11(9-21)16(23)24/h1,3,5,7,11,13-14H,2,4,6,8-9H2,(H,23,24)/t11-,13+,14-/m1/s1. The van der Waals surface area contributed by atoms with E-state index in [2.05, 4.69) is 0 Å². The van der Waals surface area contributed by atoms with Crippen LogP contribution in [0, 0.1) is 11.8 Å². The third-order valence-corrected chi connectivity index (χ3v) is 4.83. The van der Waals surface area contributed by atoms with E-state index in [1.807, 2.05) is 0 Å². The van der Waals surface area contributed by atoms with E-state index in [1.54, 1.807) is 11.0 Å². The number of nitrogens with zero attached hydrogens (tertiary/aromatic N) is 1. The van der Waals surface area contributed by atoms with Gasteiger partial charge >= 0.3 is 12.1 Å². The first-order valence-corrected chi connectivity index (χ1v) is 7.96. The number of carbonyl (C=O) groups excluding carboxylic acids is 1. The van der Waals surface area contributed by atoms with Crippen molar-refractivity contribution in [1.29, 1.82) is 0 Å². The Balaban J connectivity index is 1.67. The first-order valence-electron chi connectivity index (χ1n) is 7.96. The van der Waals surface area contributed by atoms with Gasteiger partial charge in [0.15, 0.2) is 0 Å². The van der Waals surface area contributed by atoms with E-state index in [4.69, 9.17) is 5.11 Å². The summed E-state index contributed by atoms with van der Waals surface area (Å²) in [6, 6.07) is 5.10. The number of rotatable bonds is 3. The van der Waals surface area contributed by atoms with Crippen molar-refractivity contribution in [2.24, 2.45) is 11.8 Å². The summed E-state index contributed by atoms with van der Waals surface area (Å²) in [5.74, 6) is -2.12. The highest BCUT2D eigenvalue weighted by Crippen LogP contribution is 2.49. The topological polar surface area (TPSA) is 57.6 Å². The summed E-state index contributed by atoms with van der Waals surface area (Å²) in [5, 5.41) is 9.08. The van der Waals surface area contributed by atoms with Crippen LogP contribution in [-0.4, -0.2) is 35.0 Å². The molecule has 4 nitrogen and oxygen atoms in total. The van der Waals surface area contributed by atoms with Crippen molar-refractivity contribution < 1.29 is 27.9 Å². The second-order valence-electron chi connectivity index (χ2n) is 6.53. The highest BCUT2D eigenvalue weighted by atomic mass is 19.4. The van der Waals surface area contributed by atoms with E-state index in [0.717, 1.165) is 12.1 Å². The van der Waals surface area contributed by atoms with Crippen LogP contribution in [0.1, 0.15) is 36.3 Å². The number of carboxylic acid groups (broad SMARTS) is 1. The van der Waals surface area contributed by atoms with Gasteiger partial charge in [-0.15, -0.1) is 0 Å². The van der Waals surface area contributed by atoms with E-state index >= 15 is 0 Å². The predicted molar refractivity (Wildman–Crippen MR) is 79.2 cm³/mol. The van der Waals surface area contributed by atoms with Gasteiger partial charge in [-0.2, -0.15) is 13.2 Å². The Morgan fingerprint density at radius 2 is 2.00 bits per heavy atom. The van der Waals surface area contributed by atoms with Crippen LogP contribution in [0.15, 0.2) is 24.3 Å². The molecule has 130 valence electrons. The number of amides is 1. The van der Waals surface area contributed by atoms with Crippen LogP contribution in [-0.2, 0) is 15.8 Å². The number of hydrogen-bond acceptors (Lipinski definition) is 2. The molecule has 1 amide bonds. The third-order valence-electron chi connectivity index (χ3n) is 4.83. The molecular formula is C17H18F3NO3. The maximum atomic E-state index is 12.8. The van der Waals surface area contributed by atoms with Crippen LogP contribution in [0.3, 0.4) is 0 Å². The average molecular weight is 341 g/mol. The molecule has 24 heavy (non-hydrogen) atoms. The number of benzene rings is 1. The molecule has 1 aromatic carbocycles. The lowest BCUT2D eigenvalue weighted by Gasteiger charge is -2.31. The van der Waals surface area contributed by atoms with Crippen LogP contribution < -0.4 is 0 Å². The van der Waals surface area contributed by atoms with Gasteiger partial charge in [-0.05, 0) is 36.8 Å². The molecule has 2 fully saturated rings. The molecule has 1 heterocycles. The van der Waals surface area contributed by atoms with E-state index in [1.165, 1.54) is 6.07 Å². The molecule has 1 saturated heterocycles. The molecule has 7 heteroatoms. The van der Waals surface area contributed by atoms with Gasteiger partial charge in [0, 0.05) is 19.0 Å². The van der Waals surface area contributed by atoms with Gasteiger partial charge < -0.3 is 10.0 Å². The highest BCUT2D eigenvalue weighted by molar-refractivity contribution is 5.84. The Labute approximate surface area is 137 Å². The van der Waals surface area contributed by atoms with Crippen molar-refractivity contribution >= 4 is 11.9 Å². The van der Waals surface area contributed by atoms with Crippen molar-refractivity contribution in [2.45, 2.75) is 31.4 Å². The molecule has 0 radical (unpaired) electrons. The molecule has 1 saturated carbocycles. The van der Waals surface area contributed by atoms with E-state index in [-0.39, 0.29) is 24.3 Å². The molecule has 1 aliphatic heterocycles. The second kappa shape index (κ2) is 6.11. The summed E-state index contributed by atoms with van der Waals surface area (Å²) in [5.41, 5.74) is -0.183. The van der Waals surface area contributed by atoms with Crippen molar-refractivity contribution in [1.82, 2.24) is 4.90 Å². The SMILES string of the molecule is O=C(O)[C@@H]1CCCN(C(=O)[C@@H]2C[C@H]2c2cccc(C(F)(F)F)c2)C1. The number of halogens is 3.